The molecule has 2 nitrogen and oxygen atoms in total. The summed E-state index contributed by atoms with van der Waals surface area (Å²) in [5.74, 6) is 0.861. The van der Waals surface area contributed by atoms with Gasteiger partial charge in [0.1, 0.15) is 5.75 Å². The molecule has 0 saturated heterocycles. The van der Waals surface area contributed by atoms with E-state index in [1.54, 1.807) is 0 Å². The maximum atomic E-state index is 5.88. The second-order valence-corrected chi connectivity index (χ2v) is 4.69. The van der Waals surface area contributed by atoms with Gasteiger partial charge < -0.3 is 9.47 Å². The summed E-state index contributed by atoms with van der Waals surface area (Å²) in [6, 6.07) is 7.94. The third-order valence-electron chi connectivity index (χ3n) is 2.96. The molecule has 0 aromatic heterocycles. The molecule has 0 saturated carbocycles. The standard InChI is InChI=1S/C17H26O2/c1-4-7-8-14-18-17(9-5-2)19-16-12-10-15(6-3)11-13-16/h6,10-13,17H,3-5,7-9,14H2,1-2H3. The Labute approximate surface area is 117 Å². The molecule has 0 amide bonds. The molecular formula is C17H26O2. The third kappa shape index (κ3) is 6.44. The van der Waals surface area contributed by atoms with Crippen LogP contribution in [0.1, 0.15) is 51.5 Å². The van der Waals surface area contributed by atoms with Crippen LogP contribution in [0.15, 0.2) is 30.8 Å². The fourth-order valence-corrected chi connectivity index (χ4v) is 1.81. The first-order valence-corrected chi connectivity index (χ1v) is 7.30. The Morgan fingerprint density at radius 2 is 1.84 bits per heavy atom. The molecule has 106 valence electrons. The van der Waals surface area contributed by atoms with Gasteiger partial charge in [-0.15, -0.1) is 0 Å². The summed E-state index contributed by atoms with van der Waals surface area (Å²) in [7, 11) is 0. The number of hydrogen-bond donors (Lipinski definition) is 0. The molecule has 1 aromatic carbocycles. The fourth-order valence-electron chi connectivity index (χ4n) is 1.81. The van der Waals surface area contributed by atoms with Gasteiger partial charge in [0.15, 0.2) is 6.29 Å². The summed E-state index contributed by atoms with van der Waals surface area (Å²) in [4.78, 5) is 0. The van der Waals surface area contributed by atoms with Crippen LogP contribution in [0.25, 0.3) is 6.08 Å². The van der Waals surface area contributed by atoms with Gasteiger partial charge in [-0.2, -0.15) is 0 Å². The van der Waals surface area contributed by atoms with Crippen molar-refractivity contribution >= 4 is 6.08 Å². The highest BCUT2D eigenvalue weighted by Crippen LogP contribution is 2.17. The van der Waals surface area contributed by atoms with E-state index in [1.807, 2.05) is 30.3 Å². The first-order valence-electron chi connectivity index (χ1n) is 7.30. The lowest BCUT2D eigenvalue weighted by Gasteiger charge is -2.19. The highest BCUT2D eigenvalue weighted by molar-refractivity contribution is 5.48. The molecule has 2 heteroatoms. The van der Waals surface area contributed by atoms with E-state index in [9.17, 15) is 0 Å². The number of hydrogen-bond acceptors (Lipinski definition) is 2. The molecule has 0 aliphatic heterocycles. The Morgan fingerprint density at radius 3 is 2.42 bits per heavy atom. The number of benzene rings is 1. The molecule has 19 heavy (non-hydrogen) atoms. The van der Waals surface area contributed by atoms with Gasteiger partial charge in [-0.1, -0.05) is 57.9 Å². The van der Waals surface area contributed by atoms with Crippen LogP contribution in [0.5, 0.6) is 5.75 Å². The monoisotopic (exact) mass is 262 g/mol. The molecule has 1 aromatic rings. The molecule has 0 fully saturated rings. The first-order chi connectivity index (χ1) is 9.30. The lowest BCUT2D eigenvalue weighted by molar-refractivity contribution is -0.0856. The molecule has 1 unspecified atom stereocenters. The van der Waals surface area contributed by atoms with Gasteiger partial charge >= 0.3 is 0 Å². The summed E-state index contributed by atoms with van der Waals surface area (Å²) in [6.45, 7) is 8.87. The zero-order chi connectivity index (χ0) is 13.9. The Bertz CT molecular complexity index is 343. The molecule has 0 aliphatic rings. The Morgan fingerprint density at radius 1 is 1.11 bits per heavy atom. The zero-order valence-corrected chi connectivity index (χ0v) is 12.2. The summed E-state index contributed by atoms with van der Waals surface area (Å²) in [6.07, 6.45) is 7.22. The summed E-state index contributed by atoms with van der Waals surface area (Å²) >= 11 is 0. The molecule has 0 spiro atoms. The third-order valence-corrected chi connectivity index (χ3v) is 2.96. The number of unbranched alkanes of at least 4 members (excludes halogenated alkanes) is 2. The van der Waals surface area contributed by atoms with Crippen molar-refractivity contribution in [3.63, 3.8) is 0 Å². The van der Waals surface area contributed by atoms with Crippen molar-refractivity contribution in [1.82, 2.24) is 0 Å². The highest BCUT2D eigenvalue weighted by atomic mass is 16.7. The lowest BCUT2D eigenvalue weighted by atomic mass is 10.2. The van der Waals surface area contributed by atoms with E-state index >= 15 is 0 Å². The van der Waals surface area contributed by atoms with Crippen molar-refractivity contribution in [1.29, 1.82) is 0 Å². The summed E-state index contributed by atoms with van der Waals surface area (Å²) < 4.78 is 11.7. The number of ether oxygens (including phenoxy) is 2. The van der Waals surface area contributed by atoms with Crippen molar-refractivity contribution in [2.45, 2.75) is 52.2 Å². The Kier molecular flexibility index (Phi) is 7.99. The molecule has 0 N–H and O–H groups in total. The van der Waals surface area contributed by atoms with Gasteiger partial charge in [-0.3, -0.25) is 0 Å². The molecular weight excluding hydrogens is 236 g/mol. The summed E-state index contributed by atoms with van der Waals surface area (Å²) in [5, 5.41) is 0. The van der Waals surface area contributed by atoms with Gasteiger partial charge in [-0.05, 0) is 24.1 Å². The minimum absolute atomic E-state index is 0.128. The van der Waals surface area contributed by atoms with Gasteiger partial charge in [-0.25, -0.2) is 0 Å². The smallest absolute Gasteiger partial charge is 0.199 e. The zero-order valence-electron chi connectivity index (χ0n) is 12.2. The van der Waals surface area contributed by atoms with Crippen LogP contribution in [0.4, 0.5) is 0 Å². The second kappa shape index (κ2) is 9.62. The van der Waals surface area contributed by atoms with E-state index in [0.29, 0.717) is 0 Å². The maximum absolute atomic E-state index is 5.88. The molecule has 0 aliphatic carbocycles. The Balaban J connectivity index is 2.44. The predicted octanol–water partition coefficient (Wildman–Crippen LogP) is 5.04. The minimum atomic E-state index is -0.128. The number of rotatable bonds is 10. The van der Waals surface area contributed by atoms with Gasteiger partial charge in [0.25, 0.3) is 0 Å². The molecule has 1 rings (SSSR count). The van der Waals surface area contributed by atoms with Crippen LogP contribution in [0.3, 0.4) is 0 Å². The largest absolute Gasteiger partial charge is 0.465 e. The topological polar surface area (TPSA) is 18.5 Å². The van der Waals surface area contributed by atoms with E-state index in [0.717, 1.165) is 37.2 Å². The van der Waals surface area contributed by atoms with E-state index in [2.05, 4.69) is 20.4 Å². The van der Waals surface area contributed by atoms with Crippen LogP contribution in [-0.4, -0.2) is 12.9 Å². The lowest BCUT2D eigenvalue weighted by Crippen LogP contribution is -2.21. The van der Waals surface area contributed by atoms with Crippen LogP contribution >= 0.6 is 0 Å². The SMILES string of the molecule is C=Cc1ccc(OC(CCC)OCCCCC)cc1. The van der Waals surface area contributed by atoms with Crippen molar-refractivity contribution in [3.05, 3.63) is 36.4 Å². The van der Waals surface area contributed by atoms with Crippen molar-refractivity contribution in [2.75, 3.05) is 6.61 Å². The van der Waals surface area contributed by atoms with Gasteiger partial charge in [0.05, 0.1) is 6.61 Å². The average molecular weight is 262 g/mol. The van der Waals surface area contributed by atoms with Crippen LogP contribution in [0, 0.1) is 0 Å². The van der Waals surface area contributed by atoms with E-state index in [1.165, 1.54) is 12.8 Å². The average Bonchev–Trinajstić information content (AvgIpc) is 2.44. The fraction of sp³-hybridized carbons (Fsp3) is 0.529. The summed E-state index contributed by atoms with van der Waals surface area (Å²) in [5.41, 5.74) is 1.10. The van der Waals surface area contributed by atoms with Crippen LogP contribution < -0.4 is 4.74 Å². The molecule has 0 radical (unpaired) electrons. The molecule has 0 heterocycles. The highest BCUT2D eigenvalue weighted by Gasteiger charge is 2.09. The maximum Gasteiger partial charge on any atom is 0.199 e. The normalized spacial score (nSPS) is 12.1. The van der Waals surface area contributed by atoms with Crippen LogP contribution in [-0.2, 0) is 4.74 Å². The van der Waals surface area contributed by atoms with E-state index in [-0.39, 0.29) is 6.29 Å². The van der Waals surface area contributed by atoms with Gasteiger partial charge in [0.2, 0.25) is 0 Å². The van der Waals surface area contributed by atoms with Gasteiger partial charge in [0, 0.05) is 6.42 Å². The molecule has 0 bridgehead atoms. The minimum Gasteiger partial charge on any atom is -0.465 e. The predicted molar refractivity (Wildman–Crippen MR) is 81.3 cm³/mol. The quantitative estimate of drug-likeness (QED) is 0.434. The molecule has 1 atom stereocenters. The van der Waals surface area contributed by atoms with Crippen molar-refractivity contribution < 1.29 is 9.47 Å². The first kappa shape index (κ1) is 15.8. The van der Waals surface area contributed by atoms with E-state index in [4.69, 9.17) is 9.47 Å². The second-order valence-electron chi connectivity index (χ2n) is 4.69. The van der Waals surface area contributed by atoms with Crippen LogP contribution in [0.2, 0.25) is 0 Å². The van der Waals surface area contributed by atoms with Crippen molar-refractivity contribution in [2.24, 2.45) is 0 Å². The van der Waals surface area contributed by atoms with Crippen molar-refractivity contribution in [3.8, 4) is 5.75 Å². The Hall–Kier alpha value is -1.28. The van der Waals surface area contributed by atoms with E-state index < -0.39 is 0 Å².